The molecule has 0 fully saturated rings. The molecule has 0 atom stereocenters. The van der Waals surface area contributed by atoms with E-state index in [-0.39, 0.29) is 5.69 Å². The number of aromatic carboxylic acids is 1. The van der Waals surface area contributed by atoms with Crippen LogP contribution in [-0.2, 0) is 7.05 Å². The number of carboxylic acids is 1. The summed E-state index contributed by atoms with van der Waals surface area (Å²) < 4.78 is 1.79. The van der Waals surface area contributed by atoms with Gasteiger partial charge in [0, 0.05) is 12.4 Å². The second kappa shape index (κ2) is 3.24. The molecule has 0 aliphatic rings. The molecule has 0 spiro atoms. The monoisotopic (exact) mass is 249 g/mol. The van der Waals surface area contributed by atoms with E-state index >= 15 is 0 Å². The number of benzene rings is 1. The Labute approximate surface area is 101 Å². The quantitative estimate of drug-likeness (QED) is 0.696. The zero-order chi connectivity index (χ0) is 12.2. The number of hydrogen-bond donors (Lipinski definition) is 2. The molecule has 2 heterocycles. The number of carboxylic acid groups (broad SMARTS) is 1. The van der Waals surface area contributed by atoms with Gasteiger partial charge in [-0.25, -0.2) is 4.79 Å². The van der Waals surface area contributed by atoms with Crippen molar-refractivity contribution < 1.29 is 9.90 Å². The van der Waals surface area contributed by atoms with Gasteiger partial charge in [0.25, 0.3) is 0 Å². The van der Waals surface area contributed by atoms with E-state index in [0.29, 0.717) is 16.1 Å². The number of para-hydroxylation sites is 1. The molecule has 6 heteroatoms. The van der Waals surface area contributed by atoms with Crippen LogP contribution in [0.2, 0.25) is 5.02 Å². The van der Waals surface area contributed by atoms with Crippen LogP contribution >= 0.6 is 11.6 Å². The Morgan fingerprint density at radius 2 is 2.29 bits per heavy atom. The van der Waals surface area contributed by atoms with E-state index in [2.05, 4.69) is 10.2 Å². The summed E-state index contributed by atoms with van der Waals surface area (Å²) in [5.74, 6) is -1.03. The molecule has 86 valence electrons. The van der Waals surface area contributed by atoms with Crippen molar-refractivity contribution >= 4 is 39.5 Å². The minimum atomic E-state index is -1.03. The Morgan fingerprint density at radius 3 is 3.00 bits per heavy atom. The second-order valence-electron chi connectivity index (χ2n) is 3.80. The van der Waals surface area contributed by atoms with E-state index in [1.54, 1.807) is 16.7 Å². The molecule has 0 unspecified atom stereocenters. The normalized spacial score (nSPS) is 11.4. The smallest absolute Gasteiger partial charge is 0.354 e. The molecule has 0 radical (unpaired) electrons. The molecule has 0 amide bonds. The number of hydrogen-bond acceptors (Lipinski definition) is 2. The van der Waals surface area contributed by atoms with Crippen LogP contribution < -0.4 is 0 Å². The van der Waals surface area contributed by atoms with Crippen LogP contribution in [0.5, 0.6) is 0 Å². The summed E-state index contributed by atoms with van der Waals surface area (Å²) in [5.41, 5.74) is 1.47. The van der Waals surface area contributed by atoms with Gasteiger partial charge in [0.2, 0.25) is 0 Å². The molecular formula is C11H8ClN3O2. The van der Waals surface area contributed by atoms with E-state index in [4.69, 9.17) is 16.7 Å². The minimum Gasteiger partial charge on any atom is -0.477 e. The molecule has 0 bridgehead atoms. The third kappa shape index (κ3) is 1.20. The van der Waals surface area contributed by atoms with Gasteiger partial charge < -0.3 is 9.67 Å². The van der Waals surface area contributed by atoms with Crippen molar-refractivity contribution in [2.24, 2.45) is 7.05 Å². The maximum Gasteiger partial charge on any atom is 0.354 e. The molecule has 0 aliphatic carbocycles. The summed E-state index contributed by atoms with van der Waals surface area (Å²) >= 11 is 6.12. The molecule has 1 aromatic carbocycles. The first kappa shape index (κ1) is 10.2. The first-order valence-corrected chi connectivity index (χ1v) is 5.33. The summed E-state index contributed by atoms with van der Waals surface area (Å²) in [5, 5.41) is 17.6. The van der Waals surface area contributed by atoms with Crippen LogP contribution in [0.3, 0.4) is 0 Å². The standard InChI is InChI=1S/C11H8ClN3O2/c1-15-9-5(3-2-4-6(9)12)7-8(11(16)17)13-14-10(7)15/h2-4H,1H3,(H,13,14)(H,16,17). The zero-order valence-electron chi connectivity index (χ0n) is 8.86. The van der Waals surface area contributed by atoms with E-state index < -0.39 is 5.97 Å². The molecule has 2 aromatic heterocycles. The Morgan fingerprint density at radius 1 is 1.53 bits per heavy atom. The Bertz CT molecular complexity index is 757. The van der Waals surface area contributed by atoms with Crippen molar-refractivity contribution in [3.63, 3.8) is 0 Å². The second-order valence-corrected chi connectivity index (χ2v) is 4.20. The maximum absolute atomic E-state index is 11.1. The fraction of sp³-hybridized carbons (Fsp3) is 0.0909. The molecule has 5 nitrogen and oxygen atoms in total. The Kier molecular flexibility index (Phi) is 1.94. The van der Waals surface area contributed by atoms with Gasteiger partial charge in [-0.05, 0) is 6.07 Å². The maximum atomic E-state index is 11.1. The van der Waals surface area contributed by atoms with E-state index in [1.165, 1.54) is 0 Å². The lowest BCUT2D eigenvalue weighted by Gasteiger charge is -1.98. The molecule has 3 rings (SSSR count). The highest BCUT2D eigenvalue weighted by molar-refractivity contribution is 6.36. The number of carbonyl (C=O) groups is 1. The fourth-order valence-corrected chi connectivity index (χ4v) is 2.45. The van der Waals surface area contributed by atoms with Crippen LogP contribution in [0.1, 0.15) is 10.5 Å². The predicted molar refractivity (Wildman–Crippen MR) is 64.5 cm³/mol. The van der Waals surface area contributed by atoms with Crippen molar-refractivity contribution in [3.8, 4) is 0 Å². The third-order valence-electron chi connectivity index (χ3n) is 2.87. The lowest BCUT2D eigenvalue weighted by molar-refractivity contribution is 0.0692. The lowest BCUT2D eigenvalue weighted by Crippen LogP contribution is -1.96. The molecule has 2 N–H and O–H groups in total. The predicted octanol–water partition coefficient (Wildman–Crippen LogP) is 2.41. The fourth-order valence-electron chi connectivity index (χ4n) is 2.15. The molecule has 17 heavy (non-hydrogen) atoms. The topological polar surface area (TPSA) is 70.9 Å². The van der Waals surface area contributed by atoms with Gasteiger partial charge in [0.05, 0.1) is 15.9 Å². The first-order chi connectivity index (χ1) is 8.11. The molecule has 0 saturated carbocycles. The summed E-state index contributed by atoms with van der Waals surface area (Å²) in [4.78, 5) is 11.1. The number of rotatable bonds is 1. The number of aromatic amines is 1. The van der Waals surface area contributed by atoms with Gasteiger partial charge in [0.1, 0.15) is 0 Å². The largest absolute Gasteiger partial charge is 0.477 e. The number of aromatic nitrogens is 3. The lowest BCUT2D eigenvalue weighted by atomic mass is 10.2. The van der Waals surface area contributed by atoms with Crippen LogP contribution in [-0.4, -0.2) is 25.8 Å². The molecular weight excluding hydrogens is 242 g/mol. The molecule has 3 aromatic rings. The van der Waals surface area contributed by atoms with Crippen molar-refractivity contribution in [2.45, 2.75) is 0 Å². The van der Waals surface area contributed by atoms with Crippen LogP contribution in [0.4, 0.5) is 0 Å². The van der Waals surface area contributed by atoms with Gasteiger partial charge in [-0.3, -0.25) is 5.10 Å². The zero-order valence-corrected chi connectivity index (χ0v) is 9.62. The summed E-state index contributed by atoms with van der Waals surface area (Å²) in [7, 11) is 1.81. The number of H-pyrrole nitrogens is 1. The van der Waals surface area contributed by atoms with Crippen molar-refractivity contribution in [2.75, 3.05) is 0 Å². The number of nitrogens with one attached hydrogen (secondary N) is 1. The summed E-state index contributed by atoms with van der Waals surface area (Å²) in [6.07, 6.45) is 0. The highest BCUT2D eigenvalue weighted by Crippen LogP contribution is 2.33. The molecule has 0 saturated heterocycles. The van der Waals surface area contributed by atoms with Gasteiger partial charge >= 0.3 is 5.97 Å². The van der Waals surface area contributed by atoms with Gasteiger partial charge in [-0.2, -0.15) is 5.10 Å². The van der Waals surface area contributed by atoms with E-state index in [0.717, 1.165) is 10.9 Å². The average Bonchev–Trinajstić information content (AvgIpc) is 2.81. The van der Waals surface area contributed by atoms with Crippen molar-refractivity contribution in [3.05, 3.63) is 28.9 Å². The van der Waals surface area contributed by atoms with Gasteiger partial charge in [-0.15, -0.1) is 0 Å². The highest BCUT2D eigenvalue weighted by Gasteiger charge is 2.20. The average molecular weight is 250 g/mol. The minimum absolute atomic E-state index is 0.0906. The molecule has 0 aliphatic heterocycles. The Hall–Kier alpha value is -2.01. The summed E-state index contributed by atoms with van der Waals surface area (Å²) in [6.45, 7) is 0. The highest BCUT2D eigenvalue weighted by atomic mass is 35.5. The SMILES string of the molecule is Cn1c2n[nH]c(C(=O)O)c2c2cccc(Cl)c21. The van der Waals surface area contributed by atoms with Gasteiger partial charge in [-0.1, -0.05) is 23.7 Å². The number of fused-ring (bicyclic) bond motifs is 3. The first-order valence-electron chi connectivity index (χ1n) is 4.95. The van der Waals surface area contributed by atoms with E-state index in [9.17, 15) is 4.79 Å². The third-order valence-corrected chi connectivity index (χ3v) is 3.18. The van der Waals surface area contributed by atoms with Crippen molar-refractivity contribution in [1.82, 2.24) is 14.8 Å². The van der Waals surface area contributed by atoms with Crippen LogP contribution in [0.15, 0.2) is 18.2 Å². The Balaban J connectivity index is 2.62. The van der Waals surface area contributed by atoms with E-state index in [1.807, 2.05) is 13.1 Å². The van der Waals surface area contributed by atoms with Crippen LogP contribution in [0.25, 0.3) is 21.9 Å². The number of halogens is 1. The van der Waals surface area contributed by atoms with Gasteiger partial charge in [0.15, 0.2) is 11.3 Å². The van der Waals surface area contributed by atoms with Crippen LogP contribution in [0, 0.1) is 0 Å². The summed E-state index contributed by atoms with van der Waals surface area (Å²) in [6, 6.07) is 5.40. The number of nitrogens with zero attached hydrogens (tertiary/aromatic N) is 2. The van der Waals surface area contributed by atoms with Crippen molar-refractivity contribution in [1.29, 1.82) is 0 Å². The number of aryl methyl sites for hydroxylation is 1.